The number of para-hydroxylation sites is 2. The Bertz CT molecular complexity index is 580. The van der Waals surface area contributed by atoms with Crippen LogP contribution in [0.4, 0.5) is 11.4 Å². The van der Waals surface area contributed by atoms with Gasteiger partial charge in [-0.25, -0.2) is 0 Å². The number of aliphatic hydroxyl groups excluding tert-OH is 1. The lowest BCUT2D eigenvalue weighted by Crippen LogP contribution is -2.33. The van der Waals surface area contributed by atoms with E-state index in [2.05, 4.69) is 0 Å². The molecule has 0 atom stereocenters. The number of benzene rings is 1. The number of thiophene rings is 1. The van der Waals surface area contributed by atoms with Gasteiger partial charge < -0.3 is 15.7 Å². The first-order valence-electron chi connectivity index (χ1n) is 5.97. The summed E-state index contributed by atoms with van der Waals surface area (Å²) in [6.45, 7) is 2.07. The maximum Gasteiger partial charge on any atom is 0.268 e. The number of amides is 1. The number of carbonyl (C=O) groups excluding carboxylic acids is 1. The molecule has 2 rings (SSSR count). The van der Waals surface area contributed by atoms with Gasteiger partial charge in [-0.15, -0.1) is 11.3 Å². The molecule has 0 fully saturated rings. The van der Waals surface area contributed by atoms with Crippen LogP contribution in [0, 0.1) is 6.92 Å². The standard InChI is InChI=1S/C14H16N2O2S/c1-10-6-7-13(19-10)14(18)16(8-9-17)12-5-3-2-4-11(12)15/h2-7,17H,8-9,15H2,1H3. The molecule has 0 saturated carbocycles. The quantitative estimate of drug-likeness (QED) is 0.842. The van der Waals surface area contributed by atoms with E-state index in [4.69, 9.17) is 10.8 Å². The number of carbonyl (C=O) groups is 1. The Morgan fingerprint density at radius 2 is 2.05 bits per heavy atom. The number of hydrogen-bond acceptors (Lipinski definition) is 4. The summed E-state index contributed by atoms with van der Waals surface area (Å²) in [6, 6.07) is 10.9. The molecule has 1 aromatic carbocycles. The summed E-state index contributed by atoms with van der Waals surface area (Å²) in [5.41, 5.74) is 7.06. The number of nitrogens with two attached hydrogens (primary N) is 1. The highest BCUT2D eigenvalue weighted by Gasteiger charge is 2.20. The van der Waals surface area contributed by atoms with Gasteiger partial charge in [0, 0.05) is 11.4 Å². The van der Waals surface area contributed by atoms with E-state index in [-0.39, 0.29) is 19.1 Å². The van der Waals surface area contributed by atoms with E-state index in [0.29, 0.717) is 16.3 Å². The van der Waals surface area contributed by atoms with Gasteiger partial charge in [0.05, 0.1) is 22.9 Å². The fourth-order valence-corrected chi connectivity index (χ4v) is 2.66. The van der Waals surface area contributed by atoms with Crippen molar-refractivity contribution < 1.29 is 9.90 Å². The molecule has 100 valence electrons. The van der Waals surface area contributed by atoms with Crippen LogP contribution in [0.5, 0.6) is 0 Å². The van der Waals surface area contributed by atoms with E-state index >= 15 is 0 Å². The van der Waals surface area contributed by atoms with Gasteiger partial charge in [0.15, 0.2) is 0 Å². The zero-order valence-corrected chi connectivity index (χ0v) is 11.5. The molecule has 0 aliphatic rings. The minimum Gasteiger partial charge on any atom is -0.397 e. The third kappa shape index (κ3) is 2.94. The summed E-state index contributed by atoms with van der Waals surface area (Å²) in [7, 11) is 0. The summed E-state index contributed by atoms with van der Waals surface area (Å²) in [5, 5.41) is 9.16. The second kappa shape index (κ2) is 5.86. The zero-order chi connectivity index (χ0) is 13.8. The minimum absolute atomic E-state index is 0.107. The molecule has 0 aliphatic carbocycles. The highest BCUT2D eigenvalue weighted by atomic mass is 32.1. The van der Waals surface area contributed by atoms with Crippen LogP contribution in [0.15, 0.2) is 36.4 Å². The topological polar surface area (TPSA) is 66.6 Å². The van der Waals surface area contributed by atoms with Gasteiger partial charge in [0.1, 0.15) is 0 Å². The normalized spacial score (nSPS) is 10.4. The number of nitrogens with zero attached hydrogens (tertiary/aromatic N) is 1. The Kier molecular flexibility index (Phi) is 4.19. The number of rotatable bonds is 4. The van der Waals surface area contributed by atoms with E-state index in [1.807, 2.05) is 25.1 Å². The molecule has 0 bridgehead atoms. The van der Waals surface area contributed by atoms with Crippen molar-refractivity contribution in [3.05, 3.63) is 46.2 Å². The van der Waals surface area contributed by atoms with Gasteiger partial charge in [0.25, 0.3) is 5.91 Å². The molecule has 3 N–H and O–H groups in total. The SMILES string of the molecule is Cc1ccc(C(=O)N(CCO)c2ccccc2N)s1. The highest BCUT2D eigenvalue weighted by molar-refractivity contribution is 7.14. The Morgan fingerprint density at radius 1 is 1.32 bits per heavy atom. The molecule has 5 heteroatoms. The van der Waals surface area contributed by atoms with E-state index in [9.17, 15) is 4.79 Å². The lowest BCUT2D eigenvalue weighted by Gasteiger charge is -2.22. The van der Waals surface area contributed by atoms with Crippen LogP contribution in [0.25, 0.3) is 0 Å². The maximum absolute atomic E-state index is 12.5. The third-order valence-corrected chi connectivity index (χ3v) is 3.74. The fourth-order valence-electron chi connectivity index (χ4n) is 1.85. The van der Waals surface area contributed by atoms with Crippen molar-refractivity contribution in [1.29, 1.82) is 0 Å². The van der Waals surface area contributed by atoms with Crippen LogP contribution in [0.3, 0.4) is 0 Å². The van der Waals surface area contributed by atoms with Crippen molar-refractivity contribution in [2.75, 3.05) is 23.8 Å². The molecule has 0 saturated heterocycles. The van der Waals surface area contributed by atoms with Crippen molar-refractivity contribution >= 4 is 28.6 Å². The molecule has 0 spiro atoms. The Balaban J connectivity index is 2.35. The number of aryl methyl sites for hydroxylation is 1. The van der Waals surface area contributed by atoms with E-state index in [1.54, 1.807) is 18.2 Å². The summed E-state index contributed by atoms with van der Waals surface area (Å²) in [4.78, 5) is 15.7. The molecule has 1 heterocycles. The molecule has 2 aromatic rings. The second-order valence-corrected chi connectivity index (χ2v) is 5.44. The first-order chi connectivity index (χ1) is 9.13. The average Bonchev–Trinajstić information content (AvgIpc) is 2.83. The average molecular weight is 276 g/mol. The van der Waals surface area contributed by atoms with Crippen LogP contribution in [0.2, 0.25) is 0 Å². The lowest BCUT2D eigenvalue weighted by molar-refractivity contribution is 0.0985. The van der Waals surface area contributed by atoms with E-state index in [1.165, 1.54) is 16.2 Å². The van der Waals surface area contributed by atoms with Crippen LogP contribution < -0.4 is 10.6 Å². The third-order valence-electron chi connectivity index (χ3n) is 2.75. The number of hydrogen-bond donors (Lipinski definition) is 2. The first kappa shape index (κ1) is 13.6. The van der Waals surface area contributed by atoms with Crippen LogP contribution >= 0.6 is 11.3 Å². The van der Waals surface area contributed by atoms with Gasteiger partial charge in [-0.05, 0) is 31.2 Å². The lowest BCUT2D eigenvalue weighted by atomic mass is 10.2. The van der Waals surface area contributed by atoms with Crippen molar-refractivity contribution in [3.8, 4) is 0 Å². The van der Waals surface area contributed by atoms with Crippen LogP contribution in [-0.4, -0.2) is 24.2 Å². The van der Waals surface area contributed by atoms with Crippen LogP contribution in [0.1, 0.15) is 14.5 Å². The van der Waals surface area contributed by atoms with E-state index in [0.717, 1.165) is 4.88 Å². The zero-order valence-electron chi connectivity index (χ0n) is 10.7. The van der Waals surface area contributed by atoms with Gasteiger partial charge in [0.2, 0.25) is 0 Å². The summed E-state index contributed by atoms with van der Waals surface area (Å²) >= 11 is 1.44. The smallest absolute Gasteiger partial charge is 0.268 e. The summed E-state index contributed by atoms with van der Waals surface area (Å²) < 4.78 is 0. The van der Waals surface area contributed by atoms with Crippen molar-refractivity contribution in [3.63, 3.8) is 0 Å². The maximum atomic E-state index is 12.5. The predicted octanol–water partition coefficient (Wildman–Crippen LogP) is 2.28. The van der Waals surface area contributed by atoms with Gasteiger partial charge >= 0.3 is 0 Å². The molecule has 1 amide bonds. The summed E-state index contributed by atoms with van der Waals surface area (Å²) in [5.74, 6) is -0.134. The largest absolute Gasteiger partial charge is 0.397 e. The first-order valence-corrected chi connectivity index (χ1v) is 6.79. The second-order valence-electron chi connectivity index (χ2n) is 4.15. The highest BCUT2D eigenvalue weighted by Crippen LogP contribution is 2.26. The number of aliphatic hydroxyl groups is 1. The van der Waals surface area contributed by atoms with Gasteiger partial charge in [-0.2, -0.15) is 0 Å². The molecular weight excluding hydrogens is 260 g/mol. The number of nitrogen functional groups attached to an aromatic ring is 1. The number of anilines is 2. The molecule has 4 nitrogen and oxygen atoms in total. The van der Waals surface area contributed by atoms with Crippen molar-refractivity contribution in [2.24, 2.45) is 0 Å². The molecule has 0 aliphatic heterocycles. The molecule has 1 aromatic heterocycles. The summed E-state index contributed by atoms with van der Waals surface area (Å²) in [6.07, 6.45) is 0. The molecule has 0 radical (unpaired) electrons. The van der Waals surface area contributed by atoms with Crippen molar-refractivity contribution in [1.82, 2.24) is 0 Å². The monoisotopic (exact) mass is 276 g/mol. The predicted molar refractivity (Wildman–Crippen MR) is 78.7 cm³/mol. The Labute approximate surface area is 116 Å². The fraction of sp³-hybridized carbons (Fsp3) is 0.214. The van der Waals surface area contributed by atoms with Crippen LogP contribution in [-0.2, 0) is 0 Å². The van der Waals surface area contributed by atoms with Gasteiger partial charge in [-0.3, -0.25) is 4.79 Å². The van der Waals surface area contributed by atoms with Gasteiger partial charge in [-0.1, -0.05) is 12.1 Å². The minimum atomic E-state index is -0.134. The van der Waals surface area contributed by atoms with Crippen molar-refractivity contribution in [2.45, 2.75) is 6.92 Å². The molecular formula is C14H16N2O2S. The Morgan fingerprint density at radius 3 is 2.63 bits per heavy atom. The molecule has 19 heavy (non-hydrogen) atoms. The Hall–Kier alpha value is -1.85. The van der Waals surface area contributed by atoms with E-state index < -0.39 is 0 Å². The molecule has 0 unspecified atom stereocenters.